The number of halogens is 1. The number of amides is 1. The summed E-state index contributed by atoms with van der Waals surface area (Å²) >= 11 is 3.30. The molecule has 0 fully saturated rings. The summed E-state index contributed by atoms with van der Waals surface area (Å²) in [5, 5.41) is 21.2. The fraction of sp³-hybridized carbons (Fsp3) is 0.231. The molecule has 0 saturated heterocycles. The van der Waals surface area contributed by atoms with Gasteiger partial charge in [-0.05, 0) is 35.0 Å². The summed E-state index contributed by atoms with van der Waals surface area (Å²) in [6.45, 7) is 1.29. The van der Waals surface area contributed by atoms with E-state index in [4.69, 9.17) is 9.52 Å². The number of carbonyl (C=O) groups is 2. The SMILES string of the molecule is C[C@@H](O)[C@H](NC(=O)c1cc2cccc(Br)c2o1)C(=O)O. The molecule has 0 aliphatic rings. The van der Waals surface area contributed by atoms with Crippen LogP contribution in [-0.2, 0) is 4.79 Å². The Labute approximate surface area is 122 Å². The first-order valence-corrected chi connectivity index (χ1v) is 6.59. The maximum Gasteiger partial charge on any atom is 0.328 e. The van der Waals surface area contributed by atoms with Crippen LogP contribution in [0.3, 0.4) is 0 Å². The smallest absolute Gasteiger partial charge is 0.328 e. The van der Waals surface area contributed by atoms with Crippen LogP contribution >= 0.6 is 15.9 Å². The van der Waals surface area contributed by atoms with E-state index in [1.165, 1.54) is 13.0 Å². The topological polar surface area (TPSA) is 99.8 Å². The van der Waals surface area contributed by atoms with E-state index in [1.807, 2.05) is 0 Å². The number of aliphatic hydroxyl groups is 1. The number of carboxylic acids is 1. The molecule has 20 heavy (non-hydrogen) atoms. The van der Waals surface area contributed by atoms with Crippen LogP contribution in [0.1, 0.15) is 17.5 Å². The van der Waals surface area contributed by atoms with E-state index in [0.717, 1.165) is 0 Å². The molecule has 106 valence electrons. The number of nitrogens with one attached hydrogen (secondary N) is 1. The second-order valence-electron chi connectivity index (χ2n) is 4.30. The Morgan fingerprint density at radius 1 is 1.40 bits per heavy atom. The quantitative estimate of drug-likeness (QED) is 0.786. The summed E-state index contributed by atoms with van der Waals surface area (Å²) in [5.41, 5.74) is 0.501. The molecule has 0 spiro atoms. The Balaban J connectivity index is 2.27. The number of carboxylic acid groups (broad SMARTS) is 1. The molecular weight excluding hydrogens is 330 g/mol. The van der Waals surface area contributed by atoms with Gasteiger partial charge in [-0.25, -0.2) is 4.79 Å². The molecule has 0 bridgehead atoms. The van der Waals surface area contributed by atoms with Crippen LogP contribution in [-0.4, -0.2) is 34.2 Å². The fourth-order valence-electron chi connectivity index (χ4n) is 1.74. The number of aliphatic carboxylic acids is 1. The molecule has 0 aliphatic heterocycles. The normalized spacial score (nSPS) is 13.9. The predicted molar refractivity (Wildman–Crippen MR) is 74.5 cm³/mol. The van der Waals surface area contributed by atoms with Crippen LogP contribution < -0.4 is 5.32 Å². The van der Waals surface area contributed by atoms with Crippen LogP contribution in [0.5, 0.6) is 0 Å². The van der Waals surface area contributed by atoms with Gasteiger partial charge in [0.15, 0.2) is 11.8 Å². The highest BCUT2D eigenvalue weighted by molar-refractivity contribution is 9.10. The number of hydrogen-bond donors (Lipinski definition) is 3. The second-order valence-corrected chi connectivity index (χ2v) is 5.15. The number of furan rings is 1. The van der Waals surface area contributed by atoms with Gasteiger partial charge in [0, 0.05) is 5.39 Å². The van der Waals surface area contributed by atoms with Crippen molar-refractivity contribution in [3.63, 3.8) is 0 Å². The molecule has 2 atom stereocenters. The van der Waals surface area contributed by atoms with Gasteiger partial charge in [-0.1, -0.05) is 12.1 Å². The molecule has 2 rings (SSSR count). The van der Waals surface area contributed by atoms with Gasteiger partial charge >= 0.3 is 5.97 Å². The summed E-state index contributed by atoms with van der Waals surface area (Å²) in [4.78, 5) is 22.9. The first-order chi connectivity index (χ1) is 9.40. The van der Waals surface area contributed by atoms with E-state index < -0.39 is 24.0 Å². The molecule has 0 aliphatic carbocycles. The summed E-state index contributed by atoms with van der Waals surface area (Å²) in [6, 6.07) is 5.45. The van der Waals surface area contributed by atoms with Crippen LogP contribution in [0, 0.1) is 0 Å². The Morgan fingerprint density at radius 2 is 2.10 bits per heavy atom. The van der Waals surface area contributed by atoms with Gasteiger partial charge < -0.3 is 19.9 Å². The largest absolute Gasteiger partial charge is 0.480 e. The van der Waals surface area contributed by atoms with Crippen LogP contribution in [0.2, 0.25) is 0 Å². The molecule has 1 amide bonds. The predicted octanol–water partition coefficient (Wildman–Crippen LogP) is 1.76. The molecule has 6 nitrogen and oxygen atoms in total. The number of aliphatic hydroxyl groups excluding tert-OH is 1. The highest BCUT2D eigenvalue weighted by Gasteiger charge is 2.26. The van der Waals surface area contributed by atoms with E-state index in [0.29, 0.717) is 15.4 Å². The molecule has 1 aromatic heterocycles. The van der Waals surface area contributed by atoms with E-state index in [-0.39, 0.29) is 5.76 Å². The highest BCUT2D eigenvalue weighted by Crippen LogP contribution is 2.26. The van der Waals surface area contributed by atoms with Crippen molar-refractivity contribution in [2.24, 2.45) is 0 Å². The molecule has 0 unspecified atom stereocenters. The lowest BCUT2D eigenvalue weighted by molar-refractivity contribution is -0.141. The number of hydrogen-bond acceptors (Lipinski definition) is 4. The number of para-hydroxylation sites is 1. The standard InChI is InChI=1S/C13H12BrNO5/c1-6(16)10(13(18)19)15-12(17)9-5-7-3-2-4-8(14)11(7)20-9/h2-6,10,16H,1H3,(H,15,17)(H,18,19)/t6-,10+/m1/s1. The van der Waals surface area contributed by atoms with Crippen molar-refractivity contribution in [1.82, 2.24) is 5.32 Å². The first-order valence-electron chi connectivity index (χ1n) is 5.80. The van der Waals surface area contributed by atoms with Crippen molar-refractivity contribution in [1.29, 1.82) is 0 Å². The average molecular weight is 342 g/mol. The molecule has 0 saturated carbocycles. The lowest BCUT2D eigenvalue weighted by atomic mass is 10.2. The van der Waals surface area contributed by atoms with Crippen molar-refractivity contribution in [2.45, 2.75) is 19.1 Å². The number of rotatable bonds is 4. The average Bonchev–Trinajstić information content (AvgIpc) is 2.80. The van der Waals surface area contributed by atoms with Crippen LogP contribution in [0.4, 0.5) is 0 Å². The number of benzene rings is 1. The van der Waals surface area contributed by atoms with E-state index in [1.54, 1.807) is 18.2 Å². The zero-order valence-electron chi connectivity index (χ0n) is 10.5. The second kappa shape index (κ2) is 5.64. The fourth-order valence-corrected chi connectivity index (χ4v) is 2.20. The van der Waals surface area contributed by atoms with Gasteiger partial charge in [0.2, 0.25) is 0 Å². The third kappa shape index (κ3) is 2.83. The molecule has 2 aromatic rings. The van der Waals surface area contributed by atoms with Gasteiger partial charge in [0.1, 0.15) is 5.58 Å². The third-order valence-electron chi connectivity index (χ3n) is 2.75. The number of fused-ring (bicyclic) bond motifs is 1. The first kappa shape index (κ1) is 14.5. The maximum absolute atomic E-state index is 12.0. The maximum atomic E-state index is 12.0. The Morgan fingerprint density at radius 3 is 2.65 bits per heavy atom. The summed E-state index contributed by atoms with van der Waals surface area (Å²) < 4.78 is 6.08. The Hall–Kier alpha value is -1.86. The molecule has 7 heteroatoms. The Kier molecular flexibility index (Phi) is 4.10. The minimum absolute atomic E-state index is 0.0150. The zero-order valence-corrected chi connectivity index (χ0v) is 12.0. The van der Waals surface area contributed by atoms with Gasteiger partial charge in [-0.2, -0.15) is 0 Å². The molecule has 3 N–H and O–H groups in total. The van der Waals surface area contributed by atoms with Crippen LogP contribution in [0.15, 0.2) is 33.2 Å². The zero-order chi connectivity index (χ0) is 14.9. The molecule has 0 radical (unpaired) electrons. The van der Waals surface area contributed by atoms with Gasteiger partial charge in [-0.15, -0.1) is 0 Å². The summed E-state index contributed by atoms with van der Waals surface area (Å²) in [6.07, 6.45) is -1.22. The highest BCUT2D eigenvalue weighted by atomic mass is 79.9. The van der Waals surface area contributed by atoms with E-state index >= 15 is 0 Å². The summed E-state index contributed by atoms with van der Waals surface area (Å²) in [5.74, 6) is -2.02. The summed E-state index contributed by atoms with van der Waals surface area (Å²) in [7, 11) is 0. The van der Waals surface area contributed by atoms with Crippen LogP contribution in [0.25, 0.3) is 11.0 Å². The monoisotopic (exact) mass is 341 g/mol. The van der Waals surface area contributed by atoms with Gasteiger partial charge in [0.25, 0.3) is 5.91 Å². The molecule has 1 aromatic carbocycles. The third-order valence-corrected chi connectivity index (χ3v) is 3.38. The van der Waals surface area contributed by atoms with Gasteiger partial charge in [-0.3, -0.25) is 4.79 Å². The van der Waals surface area contributed by atoms with E-state index in [2.05, 4.69) is 21.2 Å². The van der Waals surface area contributed by atoms with E-state index in [9.17, 15) is 14.7 Å². The van der Waals surface area contributed by atoms with Crippen molar-refractivity contribution < 1.29 is 24.2 Å². The van der Waals surface area contributed by atoms with Crippen molar-refractivity contribution in [3.05, 3.63) is 34.5 Å². The minimum atomic E-state index is -1.39. The molecule has 1 heterocycles. The van der Waals surface area contributed by atoms with Gasteiger partial charge in [0.05, 0.1) is 10.6 Å². The Bertz CT molecular complexity index is 664. The minimum Gasteiger partial charge on any atom is -0.480 e. The lowest BCUT2D eigenvalue weighted by Gasteiger charge is -2.15. The van der Waals surface area contributed by atoms with Crippen molar-refractivity contribution >= 4 is 38.8 Å². The lowest BCUT2D eigenvalue weighted by Crippen LogP contribution is -2.47. The number of carbonyl (C=O) groups excluding carboxylic acids is 1. The molecular formula is C13H12BrNO5. The van der Waals surface area contributed by atoms with Crippen molar-refractivity contribution in [3.8, 4) is 0 Å². The van der Waals surface area contributed by atoms with Crippen molar-refractivity contribution in [2.75, 3.05) is 0 Å².